The van der Waals surface area contributed by atoms with E-state index in [1.54, 1.807) is 6.92 Å². The summed E-state index contributed by atoms with van der Waals surface area (Å²) in [5.41, 5.74) is 2.93. The standard InChI is InChI=1S/C21H29N5O4/c1-3-15-18-17(11-21(13-23-19(18)27)5-9-29-10-6-21)26(25-15)7-4-8-30-20(28)16-12-22-14(2)24-16/h12H,3-11,13H2,1-2H3,(H,22,24)(H,23,27). The fourth-order valence-electron chi connectivity index (χ4n) is 4.34. The van der Waals surface area contributed by atoms with Gasteiger partial charge < -0.3 is 19.8 Å². The van der Waals surface area contributed by atoms with Crippen molar-refractivity contribution in [2.24, 2.45) is 5.41 Å². The Balaban J connectivity index is 1.46. The fourth-order valence-corrected chi connectivity index (χ4v) is 4.34. The van der Waals surface area contributed by atoms with E-state index in [0.29, 0.717) is 37.4 Å². The van der Waals surface area contributed by atoms with Gasteiger partial charge in [0.2, 0.25) is 0 Å². The average molecular weight is 415 g/mol. The molecule has 9 nitrogen and oxygen atoms in total. The molecule has 1 fully saturated rings. The minimum atomic E-state index is -0.412. The number of carbonyl (C=O) groups excluding carboxylic acids is 2. The molecule has 30 heavy (non-hydrogen) atoms. The number of aryl methyl sites for hydroxylation is 3. The lowest BCUT2D eigenvalue weighted by molar-refractivity contribution is 0.0152. The summed E-state index contributed by atoms with van der Waals surface area (Å²) in [7, 11) is 0. The third kappa shape index (κ3) is 4.12. The Hall–Kier alpha value is -2.68. The van der Waals surface area contributed by atoms with Crippen LogP contribution < -0.4 is 5.32 Å². The Labute approximate surface area is 175 Å². The van der Waals surface area contributed by atoms with Crippen LogP contribution >= 0.6 is 0 Å². The van der Waals surface area contributed by atoms with E-state index in [-0.39, 0.29) is 17.9 Å². The Bertz CT molecular complexity index is 926. The molecule has 0 unspecified atom stereocenters. The van der Waals surface area contributed by atoms with E-state index in [2.05, 4.69) is 15.3 Å². The van der Waals surface area contributed by atoms with Crippen LogP contribution in [0.2, 0.25) is 0 Å². The molecule has 1 spiro atoms. The number of rotatable bonds is 6. The molecule has 0 bridgehead atoms. The fraction of sp³-hybridized carbons (Fsp3) is 0.619. The summed E-state index contributed by atoms with van der Waals surface area (Å²) in [5.74, 6) is 0.232. The number of carbonyl (C=O) groups is 2. The SMILES string of the molecule is CCc1nn(CCCOC(=O)c2cnc(C)[nH]2)c2c1C(=O)NCC1(CCOCC1)C2. The molecule has 0 radical (unpaired) electrons. The van der Waals surface area contributed by atoms with Gasteiger partial charge in [0, 0.05) is 32.7 Å². The summed E-state index contributed by atoms with van der Waals surface area (Å²) in [5, 5.41) is 7.85. The quantitative estimate of drug-likeness (QED) is 0.550. The third-order valence-electron chi connectivity index (χ3n) is 6.08. The summed E-state index contributed by atoms with van der Waals surface area (Å²) in [6.45, 7) is 6.80. The van der Waals surface area contributed by atoms with Crippen LogP contribution in [0.5, 0.6) is 0 Å². The smallest absolute Gasteiger partial charge is 0.356 e. The minimum Gasteiger partial charge on any atom is -0.461 e. The van der Waals surface area contributed by atoms with Crippen molar-refractivity contribution >= 4 is 11.9 Å². The van der Waals surface area contributed by atoms with Crippen LogP contribution in [0, 0.1) is 12.3 Å². The van der Waals surface area contributed by atoms with Crippen LogP contribution in [0.4, 0.5) is 0 Å². The molecule has 0 aromatic carbocycles. The normalized spacial score (nSPS) is 18.0. The molecule has 2 aliphatic heterocycles. The number of H-pyrrole nitrogens is 1. The number of esters is 1. The number of amides is 1. The number of nitrogens with zero attached hydrogens (tertiary/aromatic N) is 3. The number of fused-ring (bicyclic) bond motifs is 1. The highest BCUT2D eigenvalue weighted by molar-refractivity contribution is 5.97. The van der Waals surface area contributed by atoms with Crippen molar-refractivity contribution in [1.29, 1.82) is 0 Å². The van der Waals surface area contributed by atoms with Crippen molar-refractivity contribution in [1.82, 2.24) is 25.1 Å². The zero-order valence-electron chi connectivity index (χ0n) is 17.6. The van der Waals surface area contributed by atoms with Crippen LogP contribution in [-0.2, 0) is 28.9 Å². The Morgan fingerprint density at radius 3 is 2.87 bits per heavy atom. The Morgan fingerprint density at radius 2 is 2.17 bits per heavy atom. The molecule has 9 heteroatoms. The van der Waals surface area contributed by atoms with Gasteiger partial charge in [-0.3, -0.25) is 9.48 Å². The van der Waals surface area contributed by atoms with Crippen LogP contribution in [0.25, 0.3) is 0 Å². The highest BCUT2D eigenvalue weighted by atomic mass is 16.5. The molecule has 2 N–H and O–H groups in total. The van der Waals surface area contributed by atoms with Gasteiger partial charge in [-0.05, 0) is 38.0 Å². The van der Waals surface area contributed by atoms with E-state index in [1.165, 1.54) is 6.20 Å². The van der Waals surface area contributed by atoms with Crippen molar-refractivity contribution in [2.75, 3.05) is 26.4 Å². The maximum absolute atomic E-state index is 12.8. The maximum Gasteiger partial charge on any atom is 0.356 e. The van der Waals surface area contributed by atoms with Gasteiger partial charge in [-0.15, -0.1) is 0 Å². The summed E-state index contributed by atoms with van der Waals surface area (Å²) < 4.78 is 12.9. The topological polar surface area (TPSA) is 111 Å². The summed E-state index contributed by atoms with van der Waals surface area (Å²) >= 11 is 0. The van der Waals surface area contributed by atoms with E-state index < -0.39 is 5.97 Å². The molecule has 4 heterocycles. The van der Waals surface area contributed by atoms with Gasteiger partial charge in [0.1, 0.15) is 11.5 Å². The summed E-state index contributed by atoms with van der Waals surface area (Å²) in [6, 6.07) is 0. The van der Waals surface area contributed by atoms with Gasteiger partial charge in [-0.2, -0.15) is 5.10 Å². The number of aromatic nitrogens is 4. The Morgan fingerprint density at radius 1 is 1.37 bits per heavy atom. The minimum absolute atomic E-state index is 0.0207. The molecular formula is C21H29N5O4. The van der Waals surface area contributed by atoms with Gasteiger partial charge >= 0.3 is 5.97 Å². The number of ether oxygens (including phenoxy) is 2. The second-order valence-electron chi connectivity index (χ2n) is 8.19. The predicted octanol–water partition coefficient (Wildman–Crippen LogP) is 1.81. The first-order chi connectivity index (χ1) is 14.5. The van der Waals surface area contributed by atoms with Gasteiger partial charge in [0.25, 0.3) is 5.91 Å². The molecule has 2 aromatic heterocycles. The first kappa shape index (κ1) is 20.6. The van der Waals surface area contributed by atoms with E-state index in [1.807, 2.05) is 11.6 Å². The summed E-state index contributed by atoms with van der Waals surface area (Å²) in [4.78, 5) is 31.8. The molecule has 1 amide bonds. The van der Waals surface area contributed by atoms with Gasteiger partial charge in [-0.1, -0.05) is 6.92 Å². The lowest BCUT2D eigenvalue weighted by Crippen LogP contribution is -2.40. The first-order valence-electron chi connectivity index (χ1n) is 10.6. The van der Waals surface area contributed by atoms with Gasteiger partial charge in [0.05, 0.1) is 29.8 Å². The largest absolute Gasteiger partial charge is 0.461 e. The molecule has 162 valence electrons. The molecule has 0 saturated carbocycles. The van der Waals surface area contributed by atoms with E-state index >= 15 is 0 Å². The Kier molecular flexibility index (Phi) is 5.90. The lowest BCUT2D eigenvalue weighted by atomic mass is 9.76. The number of imidazole rings is 1. The first-order valence-corrected chi connectivity index (χ1v) is 10.6. The van der Waals surface area contributed by atoms with E-state index in [4.69, 9.17) is 14.6 Å². The van der Waals surface area contributed by atoms with Gasteiger partial charge in [0.15, 0.2) is 0 Å². The highest BCUT2D eigenvalue weighted by Gasteiger charge is 2.39. The van der Waals surface area contributed by atoms with Crippen LogP contribution in [0.1, 0.15) is 64.2 Å². The van der Waals surface area contributed by atoms with Crippen molar-refractivity contribution in [3.8, 4) is 0 Å². The second-order valence-corrected chi connectivity index (χ2v) is 8.19. The van der Waals surface area contributed by atoms with Crippen molar-refractivity contribution in [3.63, 3.8) is 0 Å². The van der Waals surface area contributed by atoms with Crippen LogP contribution in [-0.4, -0.2) is 58.0 Å². The molecule has 0 atom stereocenters. The number of aromatic amines is 1. The molecular weight excluding hydrogens is 386 g/mol. The van der Waals surface area contributed by atoms with E-state index in [9.17, 15) is 9.59 Å². The highest BCUT2D eigenvalue weighted by Crippen LogP contribution is 2.37. The average Bonchev–Trinajstić information content (AvgIpc) is 3.30. The van der Waals surface area contributed by atoms with Crippen molar-refractivity contribution < 1.29 is 19.1 Å². The van der Waals surface area contributed by atoms with Crippen molar-refractivity contribution in [3.05, 3.63) is 34.7 Å². The molecule has 2 aromatic rings. The van der Waals surface area contributed by atoms with Crippen molar-refractivity contribution in [2.45, 2.75) is 52.5 Å². The van der Waals surface area contributed by atoms with E-state index in [0.717, 1.165) is 49.4 Å². The van der Waals surface area contributed by atoms with Crippen LogP contribution in [0.3, 0.4) is 0 Å². The summed E-state index contributed by atoms with van der Waals surface area (Å²) in [6.07, 6.45) is 5.47. The molecule has 1 saturated heterocycles. The third-order valence-corrected chi connectivity index (χ3v) is 6.08. The number of hydrogen-bond acceptors (Lipinski definition) is 6. The zero-order chi connectivity index (χ0) is 21.1. The van der Waals surface area contributed by atoms with Gasteiger partial charge in [-0.25, -0.2) is 9.78 Å². The molecule has 4 rings (SSSR count). The maximum atomic E-state index is 12.8. The molecule has 0 aliphatic carbocycles. The lowest BCUT2D eigenvalue weighted by Gasteiger charge is -2.36. The monoisotopic (exact) mass is 415 g/mol. The molecule has 2 aliphatic rings. The second kappa shape index (κ2) is 8.59. The zero-order valence-corrected chi connectivity index (χ0v) is 17.6. The number of hydrogen-bond donors (Lipinski definition) is 2. The number of nitrogens with one attached hydrogen (secondary N) is 2. The van der Waals surface area contributed by atoms with Crippen LogP contribution in [0.15, 0.2) is 6.20 Å². The predicted molar refractivity (Wildman–Crippen MR) is 108 cm³/mol.